The van der Waals surface area contributed by atoms with Crippen molar-refractivity contribution < 1.29 is 23.8 Å². The van der Waals surface area contributed by atoms with E-state index in [4.69, 9.17) is 9.15 Å². The number of benzene rings is 3. The Balaban J connectivity index is 1.42. The third-order valence-electron chi connectivity index (χ3n) is 6.68. The molecule has 41 heavy (non-hydrogen) atoms. The number of hydrogen-bond acceptors (Lipinski definition) is 7. The molecule has 0 spiro atoms. The topological polar surface area (TPSA) is 117 Å². The van der Waals surface area contributed by atoms with Crippen molar-refractivity contribution in [2.75, 3.05) is 20.7 Å². The third kappa shape index (κ3) is 8.51. The van der Waals surface area contributed by atoms with Gasteiger partial charge < -0.3 is 29.8 Å². The molecular formula is C32H36N4O5. The maximum Gasteiger partial charge on any atom is 0.253 e. The first kappa shape index (κ1) is 29.5. The number of methoxy groups -OCH3 is 1. The third-order valence-corrected chi connectivity index (χ3v) is 6.68. The molecule has 214 valence electrons. The molecule has 4 aromatic rings. The van der Waals surface area contributed by atoms with Crippen molar-refractivity contribution in [2.24, 2.45) is 0 Å². The number of ether oxygens (including phenoxy) is 1. The van der Waals surface area contributed by atoms with Gasteiger partial charge in [0.25, 0.3) is 11.8 Å². The predicted molar refractivity (Wildman–Crippen MR) is 156 cm³/mol. The summed E-state index contributed by atoms with van der Waals surface area (Å²) >= 11 is 0. The zero-order valence-electron chi connectivity index (χ0n) is 23.5. The average molecular weight is 557 g/mol. The minimum Gasteiger partial charge on any atom is -0.497 e. The van der Waals surface area contributed by atoms with Crippen LogP contribution in [0.25, 0.3) is 0 Å². The van der Waals surface area contributed by atoms with Crippen molar-refractivity contribution >= 4 is 11.8 Å². The van der Waals surface area contributed by atoms with E-state index in [1.807, 2.05) is 54.6 Å². The highest BCUT2D eigenvalue weighted by molar-refractivity contribution is 5.99. The van der Waals surface area contributed by atoms with Crippen LogP contribution in [0.3, 0.4) is 0 Å². The molecule has 0 aliphatic heterocycles. The Morgan fingerprint density at radius 2 is 1.73 bits per heavy atom. The lowest BCUT2D eigenvalue weighted by Crippen LogP contribution is -2.48. The molecule has 2 unspecified atom stereocenters. The highest BCUT2D eigenvalue weighted by Crippen LogP contribution is 2.14. The van der Waals surface area contributed by atoms with Gasteiger partial charge >= 0.3 is 0 Å². The largest absolute Gasteiger partial charge is 0.497 e. The van der Waals surface area contributed by atoms with Gasteiger partial charge in [-0.3, -0.25) is 9.59 Å². The molecule has 2 amide bonds. The number of carbonyl (C=O) groups is 2. The molecule has 4 rings (SSSR count). The van der Waals surface area contributed by atoms with E-state index in [1.165, 1.54) is 11.2 Å². The summed E-state index contributed by atoms with van der Waals surface area (Å²) in [7, 11) is 3.29. The van der Waals surface area contributed by atoms with E-state index in [0.717, 1.165) is 16.9 Å². The van der Waals surface area contributed by atoms with Crippen molar-refractivity contribution in [2.45, 2.75) is 38.6 Å². The average Bonchev–Trinajstić information content (AvgIpc) is 3.41. The fourth-order valence-corrected chi connectivity index (χ4v) is 4.50. The first-order valence-electron chi connectivity index (χ1n) is 13.5. The maximum absolute atomic E-state index is 13.4. The van der Waals surface area contributed by atoms with E-state index < -0.39 is 12.1 Å². The van der Waals surface area contributed by atoms with Gasteiger partial charge in [-0.2, -0.15) is 0 Å². The summed E-state index contributed by atoms with van der Waals surface area (Å²) < 4.78 is 10.5. The van der Waals surface area contributed by atoms with Crippen LogP contribution in [-0.4, -0.2) is 59.7 Å². The molecule has 9 nitrogen and oxygen atoms in total. The van der Waals surface area contributed by atoms with Crippen LogP contribution >= 0.6 is 0 Å². The second kappa shape index (κ2) is 14.2. The SMILES string of the molecule is COc1cccc(CNCC(O)C(Cc2ccccc2)NC(=O)c2cccc(C(=O)N(C)Cc3coc(C)n3)c2)c1. The van der Waals surface area contributed by atoms with Crippen molar-refractivity contribution in [1.29, 1.82) is 0 Å². The lowest BCUT2D eigenvalue weighted by atomic mass is 10.00. The lowest BCUT2D eigenvalue weighted by Gasteiger charge is -2.25. The van der Waals surface area contributed by atoms with Crippen molar-refractivity contribution in [3.05, 3.63) is 119 Å². The summed E-state index contributed by atoms with van der Waals surface area (Å²) in [6, 6.07) is 23.4. The fraction of sp³-hybridized carbons (Fsp3) is 0.281. The number of aryl methyl sites for hydroxylation is 1. The highest BCUT2D eigenvalue weighted by Gasteiger charge is 2.23. The van der Waals surface area contributed by atoms with Gasteiger partial charge in [0.15, 0.2) is 5.89 Å². The van der Waals surface area contributed by atoms with E-state index in [-0.39, 0.29) is 24.9 Å². The Hall–Kier alpha value is -4.47. The summed E-state index contributed by atoms with van der Waals surface area (Å²) in [4.78, 5) is 32.2. The Bertz CT molecular complexity index is 1440. The molecule has 0 bridgehead atoms. The predicted octanol–water partition coefficient (Wildman–Crippen LogP) is 3.76. The van der Waals surface area contributed by atoms with E-state index in [1.54, 1.807) is 45.3 Å². The van der Waals surface area contributed by atoms with E-state index in [9.17, 15) is 14.7 Å². The number of aromatic nitrogens is 1. The Morgan fingerprint density at radius 3 is 2.46 bits per heavy atom. The van der Waals surface area contributed by atoms with Crippen LogP contribution in [0.4, 0.5) is 0 Å². The highest BCUT2D eigenvalue weighted by atomic mass is 16.5. The van der Waals surface area contributed by atoms with E-state index in [0.29, 0.717) is 35.7 Å². The second-order valence-electron chi connectivity index (χ2n) is 9.92. The first-order valence-corrected chi connectivity index (χ1v) is 13.5. The van der Waals surface area contributed by atoms with Crippen molar-refractivity contribution in [1.82, 2.24) is 20.5 Å². The Morgan fingerprint density at radius 1 is 1.00 bits per heavy atom. The molecule has 9 heteroatoms. The van der Waals surface area contributed by atoms with Crippen LogP contribution in [0.5, 0.6) is 5.75 Å². The number of amides is 2. The minimum absolute atomic E-state index is 0.247. The second-order valence-corrected chi connectivity index (χ2v) is 9.92. The van der Waals surface area contributed by atoms with Gasteiger partial charge in [0.2, 0.25) is 0 Å². The molecule has 0 aliphatic rings. The van der Waals surface area contributed by atoms with Crippen LogP contribution in [-0.2, 0) is 19.5 Å². The normalized spacial score (nSPS) is 12.4. The van der Waals surface area contributed by atoms with Gasteiger partial charge in [-0.25, -0.2) is 4.98 Å². The van der Waals surface area contributed by atoms with Gasteiger partial charge in [0.05, 0.1) is 31.5 Å². The minimum atomic E-state index is -0.869. The number of hydrogen-bond donors (Lipinski definition) is 3. The van der Waals surface area contributed by atoms with E-state index in [2.05, 4.69) is 15.6 Å². The van der Waals surface area contributed by atoms with Crippen LogP contribution in [0.15, 0.2) is 89.5 Å². The van der Waals surface area contributed by atoms with Gasteiger partial charge in [0, 0.05) is 38.2 Å². The summed E-state index contributed by atoms with van der Waals surface area (Å²) in [5.41, 5.74) is 3.35. The van der Waals surface area contributed by atoms with Crippen LogP contribution in [0, 0.1) is 6.92 Å². The molecule has 3 aromatic carbocycles. The molecule has 0 aliphatic carbocycles. The molecular weight excluding hydrogens is 520 g/mol. The molecule has 1 aromatic heterocycles. The molecule has 0 saturated heterocycles. The van der Waals surface area contributed by atoms with Gasteiger partial charge in [-0.05, 0) is 47.9 Å². The number of carbonyl (C=O) groups excluding carboxylic acids is 2. The van der Waals surface area contributed by atoms with Crippen LogP contribution in [0.1, 0.15) is 43.4 Å². The monoisotopic (exact) mass is 556 g/mol. The zero-order chi connectivity index (χ0) is 29.2. The molecule has 0 fully saturated rings. The zero-order valence-corrected chi connectivity index (χ0v) is 23.5. The van der Waals surface area contributed by atoms with Gasteiger partial charge in [-0.1, -0.05) is 48.5 Å². The van der Waals surface area contributed by atoms with Crippen molar-refractivity contribution in [3.8, 4) is 5.75 Å². The van der Waals surface area contributed by atoms with Crippen LogP contribution < -0.4 is 15.4 Å². The maximum atomic E-state index is 13.4. The standard InChI is InChI=1S/C32H36N4O5/c1-22-34-27(21-41-22)20-36(2)32(39)26-13-8-12-25(17-26)31(38)35-29(16-23-9-5-4-6-10-23)30(37)19-33-18-24-11-7-14-28(15-24)40-3/h4-15,17,21,29-30,33,37H,16,18-20H2,1-3H3,(H,35,38). The fourth-order valence-electron chi connectivity index (χ4n) is 4.50. The summed E-state index contributed by atoms with van der Waals surface area (Å²) in [6.45, 7) is 2.82. The quantitative estimate of drug-likeness (QED) is 0.230. The molecule has 0 radical (unpaired) electrons. The number of aliphatic hydroxyl groups excluding tert-OH is 1. The van der Waals surface area contributed by atoms with E-state index >= 15 is 0 Å². The summed E-state index contributed by atoms with van der Waals surface area (Å²) in [6.07, 6.45) is 1.09. The number of aliphatic hydroxyl groups is 1. The van der Waals surface area contributed by atoms with Gasteiger partial charge in [0.1, 0.15) is 12.0 Å². The number of oxazole rings is 1. The molecule has 3 N–H and O–H groups in total. The molecule has 0 saturated carbocycles. The summed E-state index contributed by atoms with van der Waals surface area (Å²) in [5.74, 6) is 0.673. The number of nitrogens with one attached hydrogen (secondary N) is 2. The lowest BCUT2D eigenvalue weighted by molar-refractivity contribution is 0.0783. The Labute approximate surface area is 240 Å². The van der Waals surface area contributed by atoms with Crippen LogP contribution in [0.2, 0.25) is 0 Å². The summed E-state index contributed by atoms with van der Waals surface area (Å²) in [5, 5.41) is 17.4. The number of rotatable bonds is 13. The van der Waals surface area contributed by atoms with Crippen molar-refractivity contribution in [3.63, 3.8) is 0 Å². The first-order chi connectivity index (χ1) is 19.8. The van der Waals surface area contributed by atoms with Gasteiger partial charge in [-0.15, -0.1) is 0 Å². The smallest absolute Gasteiger partial charge is 0.253 e. The number of nitrogens with zero attached hydrogens (tertiary/aromatic N) is 2. The molecule has 2 atom stereocenters. The Kier molecular flexibility index (Phi) is 10.3. The molecule has 1 heterocycles.